The first-order valence-corrected chi connectivity index (χ1v) is 10.6. The molecule has 0 heterocycles. The zero-order chi connectivity index (χ0) is 18.0. The molecule has 0 aliphatic heterocycles. The van der Waals surface area contributed by atoms with E-state index in [0.717, 1.165) is 5.30 Å². The molecule has 0 aromatic heterocycles. The first-order valence-electron chi connectivity index (χ1n) is 7.84. The molecule has 6 heteroatoms. The van der Waals surface area contributed by atoms with Crippen molar-refractivity contribution in [1.82, 2.24) is 0 Å². The smallest absolute Gasteiger partial charge is 0.744 e. The van der Waals surface area contributed by atoms with Crippen LogP contribution >= 0.6 is 7.92 Å². The Hall–Kier alpha value is -1.40. The van der Waals surface area contributed by atoms with E-state index in [1.807, 2.05) is 13.8 Å². The Bertz CT molecular complexity index is 922. The van der Waals surface area contributed by atoms with Crippen molar-refractivity contribution in [1.29, 1.82) is 0 Å². The number of hydrogen-bond donors (Lipinski definition) is 0. The van der Waals surface area contributed by atoms with Gasteiger partial charge in [-0.2, -0.15) is 0 Å². The summed E-state index contributed by atoms with van der Waals surface area (Å²) in [5, 5.41) is 3.37. The molecule has 3 aromatic carbocycles. The Balaban J connectivity index is 0.00000243. The zero-order valence-corrected chi connectivity index (χ0v) is 16.7. The van der Waals surface area contributed by atoms with Crippen molar-refractivity contribution < 1.29 is 31.8 Å². The second kappa shape index (κ2) is 8.52. The average molecular weight is 376 g/mol. The SMILES string of the molecule is Cc1ccc(P(c2ccc(C)cc2)c2ccc(S(=O)(=O)[O-])cc2)cc1.[Li+]. The summed E-state index contributed by atoms with van der Waals surface area (Å²) in [6.45, 7) is 4.09. The molecule has 0 unspecified atom stereocenters. The second-order valence-corrected chi connectivity index (χ2v) is 9.55. The molecular weight excluding hydrogens is 358 g/mol. The van der Waals surface area contributed by atoms with Crippen LogP contribution in [0.15, 0.2) is 77.7 Å². The number of benzene rings is 3. The number of aryl methyl sites for hydroxylation is 2. The number of hydrogen-bond acceptors (Lipinski definition) is 3. The molecule has 0 saturated heterocycles. The van der Waals surface area contributed by atoms with E-state index in [4.69, 9.17) is 0 Å². The van der Waals surface area contributed by atoms with Gasteiger partial charge in [0, 0.05) is 0 Å². The van der Waals surface area contributed by atoms with Crippen molar-refractivity contribution in [3.05, 3.63) is 83.9 Å². The fourth-order valence-corrected chi connectivity index (χ4v) is 5.30. The molecule has 0 aliphatic rings. The van der Waals surface area contributed by atoms with E-state index in [0.29, 0.717) is 0 Å². The Morgan fingerprint density at radius 3 is 1.27 bits per heavy atom. The van der Waals surface area contributed by atoms with Crippen molar-refractivity contribution in [3.8, 4) is 0 Å². The molecular formula is C20H18LiO3PS. The quantitative estimate of drug-likeness (QED) is 0.365. The molecule has 0 atom stereocenters. The van der Waals surface area contributed by atoms with Gasteiger partial charge in [0.05, 0.1) is 4.90 Å². The van der Waals surface area contributed by atoms with Crippen LogP contribution in [0.5, 0.6) is 0 Å². The van der Waals surface area contributed by atoms with E-state index in [-0.39, 0.29) is 23.8 Å². The number of rotatable bonds is 4. The fraction of sp³-hybridized carbons (Fsp3) is 0.100. The van der Waals surface area contributed by atoms with Crippen molar-refractivity contribution in [2.45, 2.75) is 18.7 Å². The maximum Gasteiger partial charge on any atom is 1.00 e. The third-order valence-corrected chi connectivity index (χ3v) is 7.26. The molecule has 0 N–H and O–H groups in total. The summed E-state index contributed by atoms with van der Waals surface area (Å²) < 4.78 is 33.5. The standard InChI is InChI=1S/C20H19O3PS.Li/c1-15-3-7-17(8-4-15)24(18-9-5-16(2)6-10-18)19-11-13-20(14-12-19)25(21,22)23;/h3-14H,1-2H3,(H,21,22,23);/q;+1/p-1. The van der Waals surface area contributed by atoms with Crippen LogP contribution in [0.25, 0.3) is 0 Å². The Kier molecular flexibility index (Phi) is 6.85. The molecule has 26 heavy (non-hydrogen) atoms. The zero-order valence-electron chi connectivity index (χ0n) is 15.0. The summed E-state index contributed by atoms with van der Waals surface area (Å²) in [4.78, 5) is -0.195. The monoisotopic (exact) mass is 376 g/mol. The predicted octanol–water partition coefficient (Wildman–Crippen LogP) is -0.0303. The van der Waals surface area contributed by atoms with Crippen molar-refractivity contribution >= 4 is 34.0 Å². The summed E-state index contributed by atoms with van der Waals surface area (Å²) in [6, 6.07) is 23.0. The minimum absolute atomic E-state index is 0. The first-order chi connectivity index (χ1) is 11.8. The van der Waals surface area contributed by atoms with Gasteiger partial charge in [0.15, 0.2) is 0 Å². The largest absolute Gasteiger partial charge is 1.00 e. The van der Waals surface area contributed by atoms with Crippen LogP contribution in [-0.2, 0) is 10.1 Å². The minimum atomic E-state index is -4.43. The van der Waals surface area contributed by atoms with Crippen LogP contribution < -0.4 is 34.8 Å². The summed E-state index contributed by atoms with van der Waals surface area (Å²) in [7, 11) is -5.24. The van der Waals surface area contributed by atoms with Gasteiger partial charge in [-0.05, 0) is 49.8 Å². The molecule has 3 aromatic rings. The summed E-state index contributed by atoms with van der Waals surface area (Å²) in [5.74, 6) is 0. The third-order valence-electron chi connectivity index (χ3n) is 3.97. The van der Waals surface area contributed by atoms with E-state index in [9.17, 15) is 13.0 Å². The normalized spacial score (nSPS) is 11.2. The van der Waals surface area contributed by atoms with Crippen LogP contribution in [-0.4, -0.2) is 13.0 Å². The summed E-state index contributed by atoms with van der Waals surface area (Å²) in [5.41, 5.74) is 2.38. The van der Waals surface area contributed by atoms with E-state index in [2.05, 4.69) is 48.5 Å². The summed E-state index contributed by atoms with van der Waals surface area (Å²) in [6.07, 6.45) is 0. The van der Waals surface area contributed by atoms with E-state index in [1.54, 1.807) is 12.1 Å². The van der Waals surface area contributed by atoms with Gasteiger partial charge in [-0.1, -0.05) is 71.8 Å². The van der Waals surface area contributed by atoms with Gasteiger partial charge in [0.1, 0.15) is 10.1 Å². The molecule has 3 nitrogen and oxygen atoms in total. The van der Waals surface area contributed by atoms with Crippen LogP contribution in [0.1, 0.15) is 11.1 Å². The van der Waals surface area contributed by atoms with Gasteiger partial charge in [-0.3, -0.25) is 0 Å². The molecule has 0 aliphatic carbocycles. The molecule has 0 fully saturated rings. The topological polar surface area (TPSA) is 57.2 Å². The molecule has 0 amide bonds. The maximum absolute atomic E-state index is 11.2. The Morgan fingerprint density at radius 1 is 0.654 bits per heavy atom. The van der Waals surface area contributed by atoms with Crippen LogP contribution in [0.4, 0.5) is 0 Å². The second-order valence-electron chi connectivity index (χ2n) is 5.95. The predicted molar refractivity (Wildman–Crippen MR) is 103 cm³/mol. The average Bonchev–Trinajstić information content (AvgIpc) is 2.58. The van der Waals surface area contributed by atoms with Gasteiger partial charge in [-0.15, -0.1) is 0 Å². The van der Waals surface area contributed by atoms with Crippen LogP contribution in [0.3, 0.4) is 0 Å². The molecule has 0 spiro atoms. The van der Waals surface area contributed by atoms with Crippen LogP contribution in [0.2, 0.25) is 0 Å². The molecule has 0 saturated carbocycles. The Morgan fingerprint density at radius 2 is 0.962 bits per heavy atom. The third kappa shape index (κ3) is 4.85. The van der Waals surface area contributed by atoms with Crippen molar-refractivity contribution in [2.75, 3.05) is 0 Å². The van der Waals surface area contributed by atoms with Gasteiger partial charge in [0.2, 0.25) is 0 Å². The van der Waals surface area contributed by atoms with Gasteiger partial charge < -0.3 is 4.55 Å². The molecule has 128 valence electrons. The van der Waals surface area contributed by atoms with Crippen molar-refractivity contribution in [3.63, 3.8) is 0 Å². The summed E-state index contributed by atoms with van der Waals surface area (Å²) >= 11 is 0. The van der Waals surface area contributed by atoms with Crippen LogP contribution in [0, 0.1) is 13.8 Å². The van der Waals surface area contributed by atoms with Gasteiger partial charge in [0.25, 0.3) is 0 Å². The fourth-order valence-electron chi connectivity index (χ4n) is 2.60. The molecule has 0 radical (unpaired) electrons. The molecule has 0 bridgehead atoms. The maximum atomic E-state index is 11.2. The Labute approximate surface area is 168 Å². The van der Waals surface area contributed by atoms with Gasteiger partial charge in [-0.25, -0.2) is 8.42 Å². The molecule has 3 rings (SSSR count). The van der Waals surface area contributed by atoms with E-state index in [1.165, 1.54) is 33.9 Å². The van der Waals surface area contributed by atoms with E-state index >= 15 is 0 Å². The first kappa shape index (κ1) is 20.9. The van der Waals surface area contributed by atoms with E-state index < -0.39 is 18.0 Å². The minimum Gasteiger partial charge on any atom is -0.744 e. The van der Waals surface area contributed by atoms with Gasteiger partial charge >= 0.3 is 18.9 Å². The van der Waals surface area contributed by atoms with Crippen molar-refractivity contribution in [2.24, 2.45) is 0 Å².